The molecule has 120 valence electrons. The van der Waals surface area contributed by atoms with E-state index in [0.717, 1.165) is 43.3 Å². The van der Waals surface area contributed by atoms with Gasteiger partial charge in [-0.05, 0) is 45.7 Å². The zero-order valence-electron chi connectivity index (χ0n) is 13.4. The highest BCUT2D eigenvalue weighted by molar-refractivity contribution is 5.44. The largest absolute Gasteiger partial charge is 0.393 e. The van der Waals surface area contributed by atoms with E-state index in [4.69, 9.17) is 0 Å². The van der Waals surface area contributed by atoms with Crippen LogP contribution in [0.2, 0.25) is 0 Å². The van der Waals surface area contributed by atoms with Crippen LogP contribution in [0.1, 0.15) is 49.5 Å². The molecule has 0 unspecified atom stereocenters. The summed E-state index contributed by atoms with van der Waals surface area (Å²) in [5, 5.41) is 9.50. The van der Waals surface area contributed by atoms with Crippen molar-refractivity contribution in [1.82, 2.24) is 14.9 Å². The second kappa shape index (κ2) is 5.78. The minimum absolute atomic E-state index is 0.129. The summed E-state index contributed by atoms with van der Waals surface area (Å²) in [6.07, 6.45) is 5.69. The number of aliphatic hydroxyl groups excluding tert-OH is 1. The predicted molar refractivity (Wildman–Crippen MR) is 86.2 cm³/mol. The van der Waals surface area contributed by atoms with E-state index < -0.39 is 0 Å². The van der Waals surface area contributed by atoms with Crippen molar-refractivity contribution in [3.05, 3.63) is 17.6 Å². The van der Waals surface area contributed by atoms with Crippen LogP contribution >= 0.6 is 0 Å². The number of likely N-dealkylation sites (tertiary alicyclic amines) is 1. The molecule has 0 spiro atoms. The van der Waals surface area contributed by atoms with E-state index in [9.17, 15) is 5.11 Å². The van der Waals surface area contributed by atoms with Gasteiger partial charge in [-0.15, -0.1) is 0 Å². The lowest BCUT2D eigenvalue weighted by Crippen LogP contribution is -2.60. The molecule has 0 atom stereocenters. The number of hydrogen-bond acceptors (Lipinski definition) is 5. The molecular formula is C17H26N4O. The monoisotopic (exact) mass is 302 g/mol. The fourth-order valence-electron chi connectivity index (χ4n) is 3.93. The van der Waals surface area contributed by atoms with Gasteiger partial charge in [-0.2, -0.15) is 0 Å². The van der Waals surface area contributed by atoms with Crippen LogP contribution in [0.25, 0.3) is 0 Å². The van der Waals surface area contributed by atoms with Gasteiger partial charge in [0.2, 0.25) is 0 Å². The number of rotatable bonds is 3. The molecule has 0 aromatic carbocycles. The summed E-state index contributed by atoms with van der Waals surface area (Å²) >= 11 is 0. The Kier molecular flexibility index (Phi) is 3.78. The molecule has 22 heavy (non-hydrogen) atoms. The van der Waals surface area contributed by atoms with Gasteiger partial charge in [0.05, 0.1) is 6.10 Å². The lowest BCUT2D eigenvalue weighted by Gasteiger charge is -2.47. The van der Waals surface area contributed by atoms with Crippen molar-refractivity contribution in [1.29, 1.82) is 0 Å². The lowest BCUT2D eigenvalue weighted by atomic mass is 9.80. The molecule has 0 bridgehead atoms. The van der Waals surface area contributed by atoms with Gasteiger partial charge in [0, 0.05) is 36.8 Å². The molecule has 1 aromatic heterocycles. The van der Waals surface area contributed by atoms with E-state index in [1.807, 2.05) is 6.92 Å². The van der Waals surface area contributed by atoms with E-state index >= 15 is 0 Å². The Morgan fingerprint density at radius 2 is 1.82 bits per heavy atom. The normalized spacial score (nSPS) is 30.0. The summed E-state index contributed by atoms with van der Waals surface area (Å²) in [7, 11) is 0. The number of nitrogens with zero attached hydrogens (tertiary/aromatic N) is 4. The summed E-state index contributed by atoms with van der Waals surface area (Å²) in [5.74, 6) is 2.36. The van der Waals surface area contributed by atoms with Crippen LogP contribution in [-0.2, 0) is 0 Å². The first-order valence-electron chi connectivity index (χ1n) is 8.71. The molecule has 1 aromatic rings. The van der Waals surface area contributed by atoms with Gasteiger partial charge in [0.1, 0.15) is 11.6 Å². The molecule has 4 rings (SSSR count). The highest BCUT2D eigenvalue weighted by Crippen LogP contribution is 2.37. The number of aliphatic hydroxyl groups is 1. The summed E-state index contributed by atoms with van der Waals surface area (Å²) in [6, 6.07) is 2.86. The minimum atomic E-state index is -0.129. The van der Waals surface area contributed by atoms with E-state index in [1.165, 1.54) is 32.4 Å². The second-order valence-electron chi connectivity index (χ2n) is 7.18. The maximum absolute atomic E-state index is 9.50. The van der Waals surface area contributed by atoms with Crippen LogP contribution < -0.4 is 4.90 Å². The molecule has 3 fully saturated rings. The molecule has 1 aliphatic carbocycles. The number of aromatic nitrogens is 2. The van der Waals surface area contributed by atoms with Crippen LogP contribution in [0.3, 0.4) is 0 Å². The smallest absolute Gasteiger partial charge is 0.132 e. The van der Waals surface area contributed by atoms with Gasteiger partial charge in [0.15, 0.2) is 0 Å². The van der Waals surface area contributed by atoms with Gasteiger partial charge in [0.25, 0.3) is 0 Å². The fourth-order valence-corrected chi connectivity index (χ4v) is 3.93. The van der Waals surface area contributed by atoms with Crippen LogP contribution in [0.4, 0.5) is 5.82 Å². The number of anilines is 1. The topological polar surface area (TPSA) is 52.5 Å². The first-order chi connectivity index (χ1) is 10.7. The van der Waals surface area contributed by atoms with Gasteiger partial charge in [-0.3, -0.25) is 4.90 Å². The van der Waals surface area contributed by atoms with Crippen LogP contribution in [-0.4, -0.2) is 58.3 Å². The van der Waals surface area contributed by atoms with E-state index in [1.54, 1.807) is 0 Å². The quantitative estimate of drug-likeness (QED) is 0.921. The lowest BCUT2D eigenvalue weighted by molar-refractivity contribution is 0.0731. The highest BCUT2D eigenvalue weighted by atomic mass is 16.3. The van der Waals surface area contributed by atoms with Crippen molar-refractivity contribution in [2.45, 2.75) is 57.1 Å². The molecule has 1 N–H and O–H groups in total. The number of hydrogen-bond donors (Lipinski definition) is 1. The van der Waals surface area contributed by atoms with Gasteiger partial charge < -0.3 is 10.0 Å². The fraction of sp³-hybridized carbons (Fsp3) is 0.765. The maximum Gasteiger partial charge on any atom is 0.132 e. The van der Waals surface area contributed by atoms with Gasteiger partial charge in [-0.25, -0.2) is 9.97 Å². The summed E-state index contributed by atoms with van der Waals surface area (Å²) in [6.45, 7) is 6.72. The molecule has 0 radical (unpaired) electrons. The van der Waals surface area contributed by atoms with Crippen molar-refractivity contribution in [3.8, 4) is 0 Å². The average molecular weight is 302 g/mol. The molecule has 2 aliphatic heterocycles. The number of aryl methyl sites for hydroxylation is 1. The molecular weight excluding hydrogens is 276 g/mol. The Morgan fingerprint density at radius 3 is 2.50 bits per heavy atom. The highest BCUT2D eigenvalue weighted by Gasteiger charge is 2.35. The van der Waals surface area contributed by atoms with Gasteiger partial charge >= 0.3 is 0 Å². The van der Waals surface area contributed by atoms with Crippen molar-refractivity contribution < 1.29 is 5.11 Å². The third-order valence-electron chi connectivity index (χ3n) is 5.47. The number of piperidine rings is 1. The van der Waals surface area contributed by atoms with Crippen LogP contribution in [0.5, 0.6) is 0 Å². The SMILES string of the molecule is Cc1nc(C2CC(O)C2)cc(N2CC(N3CCCCC3)C2)n1. The van der Waals surface area contributed by atoms with E-state index in [2.05, 4.69) is 25.8 Å². The zero-order chi connectivity index (χ0) is 15.1. The first kappa shape index (κ1) is 14.4. The first-order valence-corrected chi connectivity index (χ1v) is 8.71. The molecule has 1 saturated carbocycles. The molecule has 3 heterocycles. The van der Waals surface area contributed by atoms with Crippen molar-refractivity contribution in [2.24, 2.45) is 0 Å². The molecule has 3 aliphatic rings. The summed E-state index contributed by atoms with van der Waals surface area (Å²) in [4.78, 5) is 14.2. The zero-order valence-corrected chi connectivity index (χ0v) is 13.4. The van der Waals surface area contributed by atoms with Crippen LogP contribution in [0.15, 0.2) is 6.07 Å². The Morgan fingerprint density at radius 1 is 1.09 bits per heavy atom. The maximum atomic E-state index is 9.50. The average Bonchev–Trinajstić information content (AvgIpc) is 2.43. The Hall–Kier alpha value is -1.20. The van der Waals surface area contributed by atoms with Crippen LogP contribution in [0, 0.1) is 6.92 Å². The van der Waals surface area contributed by atoms with Crippen molar-refractivity contribution in [2.75, 3.05) is 31.1 Å². The minimum Gasteiger partial charge on any atom is -0.393 e. The Balaban J connectivity index is 1.41. The third-order valence-corrected chi connectivity index (χ3v) is 5.47. The summed E-state index contributed by atoms with van der Waals surface area (Å²) < 4.78 is 0. The predicted octanol–water partition coefficient (Wildman–Crippen LogP) is 1.70. The Labute approximate surface area is 132 Å². The van der Waals surface area contributed by atoms with Crippen molar-refractivity contribution >= 4 is 5.82 Å². The Bertz CT molecular complexity index is 531. The molecule has 0 amide bonds. The molecule has 5 nitrogen and oxygen atoms in total. The van der Waals surface area contributed by atoms with Crippen molar-refractivity contribution in [3.63, 3.8) is 0 Å². The second-order valence-corrected chi connectivity index (χ2v) is 7.18. The van der Waals surface area contributed by atoms with E-state index in [0.29, 0.717) is 12.0 Å². The molecule has 5 heteroatoms. The third kappa shape index (κ3) is 2.72. The van der Waals surface area contributed by atoms with E-state index in [-0.39, 0.29) is 6.10 Å². The van der Waals surface area contributed by atoms with Gasteiger partial charge in [-0.1, -0.05) is 6.42 Å². The standard InChI is InChI=1S/C17H26N4O/c1-12-18-16(13-7-15(22)8-13)9-17(19-12)21-10-14(11-21)20-5-3-2-4-6-20/h9,13-15,22H,2-8,10-11H2,1H3. The summed E-state index contributed by atoms with van der Waals surface area (Å²) in [5.41, 5.74) is 1.12. The molecule has 2 saturated heterocycles.